The van der Waals surface area contributed by atoms with Crippen LogP contribution in [-0.2, 0) is 30.4 Å². The van der Waals surface area contributed by atoms with E-state index in [0.29, 0.717) is 10.6 Å². The third-order valence-corrected chi connectivity index (χ3v) is 6.65. The number of carbonyl (C=O) groups excluding carboxylic acids is 4. The Hall–Kier alpha value is -3.79. The molecular formula is C29H36ClN3O7. The first-order valence-electron chi connectivity index (χ1n) is 12.9. The number of nitrogens with zero attached hydrogens (tertiary/aromatic N) is 2. The highest BCUT2D eigenvalue weighted by Crippen LogP contribution is 2.29. The number of likely N-dealkylation sites (tertiary alicyclic amines) is 1. The van der Waals surface area contributed by atoms with Crippen LogP contribution in [0, 0.1) is 0 Å². The zero-order chi connectivity index (χ0) is 29.4. The summed E-state index contributed by atoms with van der Waals surface area (Å²) >= 11 is 6.06. The van der Waals surface area contributed by atoms with Crippen LogP contribution in [0.25, 0.3) is 0 Å². The molecule has 1 saturated heterocycles. The summed E-state index contributed by atoms with van der Waals surface area (Å²) in [6, 6.07) is 13.9. The second-order valence-corrected chi connectivity index (χ2v) is 11.0. The molecule has 1 heterocycles. The number of hydrogen-bond acceptors (Lipinski definition) is 7. The van der Waals surface area contributed by atoms with Crippen LogP contribution >= 0.6 is 11.6 Å². The third kappa shape index (κ3) is 8.61. The molecule has 0 radical (unpaired) electrons. The van der Waals surface area contributed by atoms with Gasteiger partial charge in [-0.15, -0.1) is 0 Å². The van der Waals surface area contributed by atoms with Gasteiger partial charge in [0.05, 0.1) is 25.6 Å². The van der Waals surface area contributed by atoms with Crippen molar-refractivity contribution in [2.24, 2.45) is 0 Å². The fourth-order valence-electron chi connectivity index (χ4n) is 4.41. The van der Waals surface area contributed by atoms with Crippen molar-refractivity contribution in [3.8, 4) is 0 Å². The first kappa shape index (κ1) is 30.7. The van der Waals surface area contributed by atoms with E-state index in [1.165, 1.54) is 16.9 Å². The number of hydrogen-bond donors (Lipinski definition) is 1. The van der Waals surface area contributed by atoms with Gasteiger partial charge in [0.1, 0.15) is 18.2 Å². The minimum atomic E-state index is -0.908. The van der Waals surface area contributed by atoms with Crippen molar-refractivity contribution >= 4 is 35.7 Å². The molecule has 216 valence electrons. The number of esters is 1. The molecule has 3 rings (SSSR count). The molecule has 11 heteroatoms. The van der Waals surface area contributed by atoms with E-state index in [4.69, 9.17) is 25.8 Å². The lowest BCUT2D eigenvalue weighted by Gasteiger charge is -2.32. The summed E-state index contributed by atoms with van der Waals surface area (Å²) in [5.41, 5.74) is 0.758. The van der Waals surface area contributed by atoms with Crippen LogP contribution in [0.15, 0.2) is 54.6 Å². The van der Waals surface area contributed by atoms with Crippen LogP contribution < -0.4 is 5.32 Å². The number of rotatable bonds is 8. The van der Waals surface area contributed by atoms with Gasteiger partial charge in [0.2, 0.25) is 5.91 Å². The van der Waals surface area contributed by atoms with E-state index in [-0.39, 0.29) is 26.0 Å². The number of nitrogens with one attached hydrogen (secondary N) is 1. The molecule has 2 aromatic carbocycles. The largest absolute Gasteiger partial charge is 0.467 e. The van der Waals surface area contributed by atoms with Gasteiger partial charge in [0, 0.05) is 25.0 Å². The molecule has 1 aliphatic heterocycles. The third-order valence-electron chi connectivity index (χ3n) is 6.40. The summed E-state index contributed by atoms with van der Waals surface area (Å²) in [6.07, 6.45) is -1.25. The van der Waals surface area contributed by atoms with Crippen molar-refractivity contribution in [2.45, 2.75) is 63.9 Å². The van der Waals surface area contributed by atoms with Crippen LogP contribution in [-0.4, -0.2) is 72.2 Å². The second-order valence-electron chi connectivity index (χ2n) is 10.6. The summed E-state index contributed by atoms with van der Waals surface area (Å²) in [5.74, 6) is -0.994. The first-order chi connectivity index (χ1) is 18.9. The molecule has 3 atom stereocenters. The lowest BCUT2D eigenvalue weighted by atomic mass is 10.0. The van der Waals surface area contributed by atoms with Crippen molar-refractivity contribution in [1.82, 2.24) is 15.1 Å². The average molecular weight is 574 g/mol. The smallest absolute Gasteiger partial charge is 0.410 e. The SMILES string of the molecule is COC(=O)[C@@H]1C[C@H](NC(=O)OCc2ccccc2)CN1C(=O)C[C@H](c1ccc(Cl)cc1)N(C)C(=O)OC(C)(C)C. The zero-order valence-corrected chi connectivity index (χ0v) is 24.1. The minimum Gasteiger partial charge on any atom is -0.467 e. The summed E-state index contributed by atoms with van der Waals surface area (Å²) in [4.78, 5) is 54.3. The molecule has 0 aliphatic carbocycles. The summed E-state index contributed by atoms with van der Waals surface area (Å²) in [6.45, 7) is 5.42. The van der Waals surface area contributed by atoms with Gasteiger partial charge >= 0.3 is 18.2 Å². The molecule has 1 aliphatic rings. The number of alkyl carbamates (subject to hydrolysis) is 1. The Bertz CT molecular complexity index is 1180. The van der Waals surface area contributed by atoms with Crippen LogP contribution in [0.3, 0.4) is 0 Å². The van der Waals surface area contributed by atoms with Crippen molar-refractivity contribution in [1.29, 1.82) is 0 Å². The van der Waals surface area contributed by atoms with Crippen LogP contribution in [0.2, 0.25) is 5.02 Å². The highest BCUT2D eigenvalue weighted by atomic mass is 35.5. The molecule has 0 unspecified atom stereocenters. The van der Waals surface area contributed by atoms with Crippen LogP contribution in [0.5, 0.6) is 0 Å². The molecule has 40 heavy (non-hydrogen) atoms. The molecule has 0 aromatic heterocycles. The maximum absolute atomic E-state index is 13.7. The summed E-state index contributed by atoms with van der Waals surface area (Å²) in [5, 5.41) is 3.25. The Labute approximate surface area is 239 Å². The van der Waals surface area contributed by atoms with Crippen molar-refractivity contribution in [3.63, 3.8) is 0 Å². The number of ether oxygens (including phenoxy) is 3. The number of methoxy groups -OCH3 is 1. The Kier molecular flexibility index (Phi) is 10.4. The van der Waals surface area contributed by atoms with E-state index in [1.54, 1.807) is 52.1 Å². The van der Waals surface area contributed by atoms with Crippen LogP contribution in [0.4, 0.5) is 9.59 Å². The van der Waals surface area contributed by atoms with Gasteiger partial charge in [-0.05, 0) is 44.0 Å². The van der Waals surface area contributed by atoms with E-state index in [1.807, 2.05) is 30.3 Å². The van der Waals surface area contributed by atoms with E-state index >= 15 is 0 Å². The quantitative estimate of drug-likeness (QED) is 0.359. The molecule has 0 saturated carbocycles. The first-order valence-corrected chi connectivity index (χ1v) is 13.3. The molecule has 0 spiro atoms. The van der Waals surface area contributed by atoms with Crippen molar-refractivity contribution in [2.75, 3.05) is 20.7 Å². The highest BCUT2D eigenvalue weighted by Gasteiger charge is 2.42. The topological polar surface area (TPSA) is 114 Å². The Morgan fingerprint density at radius 1 is 1.07 bits per heavy atom. The van der Waals surface area contributed by atoms with Gasteiger partial charge in [-0.2, -0.15) is 0 Å². The van der Waals surface area contributed by atoms with Crippen LogP contribution in [0.1, 0.15) is 50.8 Å². The standard InChI is InChI=1S/C29H36ClN3O7/c1-29(2,3)40-28(37)32(4)23(20-11-13-21(30)14-12-20)16-25(34)33-17-22(15-24(33)26(35)38-5)31-27(36)39-18-19-9-7-6-8-10-19/h6-14,22-24H,15-18H2,1-5H3,(H,31,36)/t22-,23+,24-/m0/s1. The summed E-state index contributed by atoms with van der Waals surface area (Å²) in [7, 11) is 2.79. The fraction of sp³-hybridized carbons (Fsp3) is 0.448. The summed E-state index contributed by atoms with van der Waals surface area (Å²) < 4.78 is 15.8. The molecule has 1 fully saturated rings. The predicted octanol–water partition coefficient (Wildman–Crippen LogP) is 4.71. The number of carbonyl (C=O) groups is 4. The van der Waals surface area contributed by atoms with E-state index in [2.05, 4.69) is 5.32 Å². The molecule has 1 N–H and O–H groups in total. The van der Waals surface area contributed by atoms with Gasteiger partial charge in [0.15, 0.2) is 0 Å². The normalized spacial score (nSPS) is 17.5. The lowest BCUT2D eigenvalue weighted by molar-refractivity contribution is -0.151. The van der Waals surface area contributed by atoms with E-state index in [9.17, 15) is 19.2 Å². The zero-order valence-electron chi connectivity index (χ0n) is 23.4. The minimum absolute atomic E-state index is 0.0720. The maximum atomic E-state index is 13.7. The van der Waals surface area contributed by atoms with Crippen molar-refractivity contribution < 1.29 is 33.4 Å². The van der Waals surface area contributed by atoms with Gasteiger partial charge in [-0.3, -0.25) is 4.79 Å². The second kappa shape index (κ2) is 13.5. The predicted molar refractivity (Wildman–Crippen MR) is 148 cm³/mol. The number of benzene rings is 2. The molecule has 3 amide bonds. The Morgan fingerprint density at radius 3 is 2.33 bits per heavy atom. The molecule has 2 aromatic rings. The van der Waals surface area contributed by atoms with Crippen molar-refractivity contribution in [3.05, 3.63) is 70.7 Å². The Morgan fingerprint density at radius 2 is 1.73 bits per heavy atom. The van der Waals surface area contributed by atoms with E-state index < -0.39 is 47.8 Å². The van der Waals surface area contributed by atoms with Gasteiger partial charge in [-0.25, -0.2) is 14.4 Å². The van der Waals surface area contributed by atoms with Gasteiger partial charge < -0.3 is 29.3 Å². The molecule has 0 bridgehead atoms. The van der Waals surface area contributed by atoms with Gasteiger partial charge in [-0.1, -0.05) is 54.1 Å². The molecule has 10 nitrogen and oxygen atoms in total. The lowest BCUT2D eigenvalue weighted by Crippen LogP contribution is -2.44. The highest BCUT2D eigenvalue weighted by molar-refractivity contribution is 6.30. The Balaban J connectivity index is 1.74. The number of halogens is 1. The average Bonchev–Trinajstić information content (AvgIpc) is 3.33. The number of amides is 3. The van der Waals surface area contributed by atoms with E-state index in [0.717, 1.165) is 5.56 Å². The fourth-order valence-corrected chi connectivity index (χ4v) is 4.54. The molecular weight excluding hydrogens is 538 g/mol. The maximum Gasteiger partial charge on any atom is 0.410 e. The monoisotopic (exact) mass is 573 g/mol. The van der Waals surface area contributed by atoms with Gasteiger partial charge in [0.25, 0.3) is 0 Å².